The fourth-order valence-corrected chi connectivity index (χ4v) is 5.28. The van der Waals surface area contributed by atoms with Gasteiger partial charge in [-0.05, 0) is 24.0 Å². The number of carboxylic acid groups (broad SMARTS) is 1. The van der Waals surface area contributed by atoms with Gasteiger partial charge in [-0.1, -0.05) is 50.2 Å². The summed E-state index contributed by atoms with van der Waals surface area (Å²) in [5.41, 5.74) is -0.491. The fourth-order valence-electron chi connectivity index (χ4n) is 5.28. The molecule has 2 aromatic rings. The lowest BCUT2D eigenvalue weighted by molar-refractivity contribution is -0.152. The highest BCUT2D eigenvalue weighted by Crippen LogP contribution is 2.52. The fraction of sp³-hybridized carbons (Fsp3) is 0.400. The highest BCUT2D eigenvalue weighted by molar-refractivity contribution is 6.09. The summed E-state index contributed by atoms with van der Waals surface area (Å²) in [6, 6.07) is 12.9. The molecule has 4 atom stereocenters. The summed E-state index contributed by atoms with van der Waals surface area (Å²) in [6.07, 6.45) is 0.162. The van der Waals surface area contributed by atoms with E-state index in [0.29, 0.717) is 11.3 Å². The summed E-state index contributed by atoms with van der Waals surface area (Å²) in [5, 5.41) is 24.1. The molecule has 2 aliphatic rings. The van der Waals surface area contributed by atoms with E-state index in [0.717, 1.165) is 10.5 Å². The summed E-state index contributed by atoms with van der Waals surface area (Å²) in [6.45, 7) is 3.83. The molecular weight excluding hydrogens is 424 g/mol. The van der Waals surface area contributed by atoms with Crippen molar-refractivity contribution in [3.05, 3.63) is 59.7 Å². The molecule has 0 spiro atoms. The molecular formula is C25H28N2O6. The monoisotopic (exact) mass is 452 g/mol. The number of likely N-dealkylation sites (tertiary alicyclic amines) is 1. The summed E-state index contributed by atoms with van der Waals surface area (Å²) in [4.78, 5) is 41.0. The van der Waals surface area contributed by atoms with E-state index >= 15 is 0 Å². The van der Waals surface area contributed by atoms with E-state index in [9.17, 15) is 24.6 Å². The number of hydrogen-bond acceptors (Lipinski definition) is 6. The van der Waals surface area contributed by atoms with E-state index in [2.05, 4.69) is 5.32 Å². The van der Waals surface area contributed by atoms with Crippen molar-refractivity contribution in [2.45, 2.75) is 38.4 Å². The number of nitrogens with one attached hydrogen (secondary N) is 1. The van der Waals surface area contributed by atoms with Crippen LogP contribution >= 0.6 is 0 Å². The van der Waals surface area contributed by atoms with Crippen LogP contribution in [0.1, 0.15) is 37.4 Å². The number of benzene rings is 2. The van der Waals surface area contributed by atoms with Crippen LogP contribution < -0.4 is 10.1 Å². The van der Waals surface area contributed by atoms with Crippen LogP contribution in [0.15, 0.2) is 48.5 Å². The minimum absolute atomic E-state index is 0.0523. The standard InChI is InChI=1S/C25H28N2O6/c1-14(2)12-25(24(31)32)20-19(21(26-25)17-10-9-16(33-3)11-18(17)28)22(29)27(23(20)30)13-15-7-5-4-6-8-15/h4-11,14,19-21,26,28H,12-13H2,1-3H3,(H,31,32)/t19-,20+,21+,25+/m1/s1. The molecule has 0 aromatic heterocycles. The summed E-state index contributed by atoms with van der Waals surface area (Å²) >= 11 is 0. The maximum Gasteiger partial charge on any atom is 0.324 e. The van der Waals surface area contributed by atoms with E-state index in [4.69, 9.17) is 4.74 Å². The summed E-state index contributed by atoms with van der Waals surface area (Å²) < 4.78 is 5.15. The zero-order valence-corrected chi connectivity index (χ0v) is 18.8. The zero-order valence-electron chi connectivity index (χ0n) is 18.8. The lowest BCUT2D eigenvalue weighted by Crippen LogP contribution is -2.56. The molecule has 0 aliphatic carbocycles. The van der Waals surface area contributed by atoms with Gasteiger partial charge in [-0.2, -0.15) is 0 Å². The number of aromatic hydroxyl groups is 1. The second-order valence-electron chi connectivity index (χ2n) is 9.17. The molecule has 2 saturated heterocycles. The lowest BCUT2D eigenvalue weighted by Gasteiger charge is -2.32. The summed E-state index contributed by atoms with van der Waals surface area (Å²) in [7, 11) is 1.47. The van der Waals surface area contributed by atoms with E-state index in [1.165, 1.54) is 13.2 Å². The van der Waals surface area contributed by atoms with Crippen LogP contribution in [0.2, 0.25) is 0 Å². The largest absolute Gasteiger partial charge is 0.507 e. The number of phenolic OH excluding ortho intramolecular Hbond substituents is 1. The molecule has 2 fully saturated rings. The first-order chi connectivity index (χ1) is 15.7. The van der Waals surface area contributed by atoms with Crippen molar-refractivity contribution in [2.75, 3.05) is 7.11 Å². The number of fused-ring (bicyclic) bond motifs is 1. The van der Waals surface area contributed by atoms with Crippen molar-refractivity contribution in [1.29, 1.82) is 0 Å². The molecule has 8 heteroatoms. The van der Waals surface area contributed by atoms with Gasteiger partial charge in [-0.25, -0.2) is 0 Å². The number of rotatable bonds is 7. The Labute approximate surface area is 192 Å². The molecule has 2 amide bonds. The van der Waals surface area contributed by atoms with Gasteiger partial charge in [0.15, 0.2) is 0 Å². The molecule has 2 aliphatic heterocycles. The Hall–Kier alpha value is -3.39. The van der Waals surface area contributed by atoms with E-state index in [1.54, 1.807) is 12.1 Å². The first kappa shape index (κ1) is 22.8. The molecule has 0 bridgehead atoms. The Balaban J connectivity index is 1.81. The van der Waals surface area contributed by atoms with Crippen molar-refractivity contribution in [2.24, 2.45) is 17.8 Å². The smallest absolute Gasteiger partial charge is 0.324 e. The molecule has 8 nitrogen and oxygen atoms in total. The molecule has 0 radical (unpaired) electrons. The number of aliphatic carboxylic acids is 1. The molecule has 2 aromatic carbocycles. The van der Waals surface area contributed by atoms with Gasteiger partial charge < -0.3 is 14.9 Å². The first-order valence-electron chi connectivity index (χ1n) is 11.0. The molecule has 3 N–H and O–H groups in total. The molecule has 0 saturated carbocycles. The van der Waals surface area contributed by atoms with Gasteiger partial charge in [0.1, 0.15) is 17.0 Å². The maximum absolute atomic E-state index is 13.6. The quantitative estimate of drug-likeness (QED) is 0.553. The van der Waals surface area contributed by atoms with Crippen LogP contribution in [0.5, 0.6) is 11.5 Å². The minimum atomic E-state index is -1.63. The van der Waals surface area contributed by atoms with Crippen LogP contribution in [0.3, 0.4) is 0 Å². The van der Waals surface area contributed by atoms with E-state index in [-0.39, 0.29) is 24.6 Å². The topological polar surface area (TPSA) is 116 Å². The van der Waals surface area contributed by atoms with Gasteiger partial charge >= 0.3 is 5.97 Å². The Morgan fingerprint density at radius 3 is 2.42 bits per heavy atom. The summed E-state index contributed by atoms with van der Waals surface area (Å²) in [5.74, 6) is -3.90. The number of methoxy groups -OCH3 is 1. The predicted octanol–water partition coefficient (Wildman–Crippen LogP) is 2.72. The average Bonchev–Trinajstić information content (AvgIpc) is 3.24. The zero-order chi connectivity index (χ0) is 23.9. The lowest BCUT2D eigenvalue weighted by atomic mass is 9.75. The highest BCUT2D eigenvalue weighted by Gasteiger charge is 2.68. The maximum atomic E-state index is 13.6. The highest BCUT2D eigenvalue weighted by atomic mass is 16.5. The Bertz CT molecular complexity index is 1090. The van der Waals surface area contributed by atoms with Crippen molar-refractivity contribution in [3.8, 4) is 11.5 Å². The van der Waals surface area contributed by atoms with Gasteiger partial charge in [0.25, 0.3) is 0 Å². The predicted molar refractivity (Wildman–Crippen MR) is 119 cm³/mol. The number of ether oxygens (including phenoxy) is 1. The van der Waals surface area contributed by atoms with E-state index < -0.39 is 41.2 Å². The molecule has 4 rings (SSSR count). The van der Waals surface area contributed by atoms with Crippen LogP contribution in [0, 0.1) is 17.8 Å². The number of carboxylic acids is 1. The number of phenols is 1. The first-order valence-corrected chi connectivity index (χ1v) is 11.0. The Morgan fingerprint density at radius 2 is 1.85 bits per heavy atom. The molecule has 174 valence electrons. The third kappa shape index (κ3) is 3.74. The van der Waals surface area contributed by atoms with Gasteiger partial charge in [-0.3, -0.25) is 24.6 Å². The average molecular weight is 453 g/mol. The van der Waals surface area contributed by atoms with Crippen molar-refractivity contribution in [1.82, 2.24) is 10.2 Å². The van der Waals surface area contributed by atoms with Gasteiger partial charge in [0.05, 0.1) is 25.5 Å². The molecule has 0 unspecified atom stereocenters. The van der Waals surface area contributed by atoms with E-state index in [1.807, 2.05) is 44.2 Å². The van der Waals surface area contributed by atoms with Crippen LogP contribution in [-0.4, -0.2) is 45.5 Å². The van der Waals surface area contributed by atoms with Gasteiger partial charge in [-0.15, -0.1) is 0 Å². The third-order valence-corrected chi connectivity index (χ3v) is 6.61. The normalized spacial score (nSPS) is 26.7. The SMILES string of the molecule is COc1ccc([C@@H]2N[C@](CC(C)C)(C(=O)O)[C@@H]3C(=O)N(Cc4ccccc4)C(=O)[C@H]32)c(O)c1. The third-order valence-electron chi connectivity index (χ3n) is 6.61. The van der Waals surface area contributed by atoms with Crippen molar-refractivity contribution >= 4 is 17.8 Å². The van der Waals surface area contributed by atoms with Crippen molar-refractivity contribution < 1.29 is 29.3 Å². The number of carbonyl (C=O) groups excluding carboxylic acids is 2. The van der Waals surface area contributed by atoms with Gasteiger partial charge in [0.2, 0.25) is 11.8 Å². The van der Waals surface area contributed by atoms with Crippen LogP contribution in [-0.2, 0) is 20.9 Å². The number of nitrogens with zero attached hydrogens (tertiary/aromatic N) is 1. The number of amides is 2. The van der Waals surface area contributed by atoms with Gasteiger partial charge in [0, 0.05) is 17.7 Å². The van der Waals surface area contributed by atoms with Crippen molar-refractivity contribution in [3.63, 3.8) is 0 Å². The molecule has 2 heterocycles. The Morgan fingerprint density at radius 1 is 1.15 bits per heavy atom. The number of hydrogen-bond donors (Lipinski definition) is 3. The van der Waals surface area contributed by atoms with Crippen LogP contribution in [0.4, 0.5) is 0 Å². The second-order valence-corrected chi connectivity index (χ2v) is 9.17. The number of imide groups is 1. The van der Waals surface area contributed by atoms with Crippen LogP contribution in [0.25, 0.3) is 0 Å². The number of carbonyl (C=O) groups is 3. The second kappa shape index (κ2) is 8.51. The molecule has 33 heavy (non-hydrogen) atoms. The minimum Gasteiger partial charge on any atom is -0.507 e. The Kier molecular flexibility index (Phi) is 5.88.